The second-order valence-electron chi connectivity index (χ2n) is 2.15. The number of rotatable bonds is 2. The third kappa shape index (κ3) is 1.71. The minimum absolute atomic E-state index is 0.00523. The number of hydrogen-bond acceptors (Lipinski definition) is 3. The summed E-state index contributed by atoms with van der Waals surface area (Å²) in [5.74, 6) is -0.562. The molecule has 12 heavy (non-hydrogen) atoms. The number of carboxylic acid groups (broad SMARTS) is 1. The average Bonchev–Trinajstić information content (AvgIpc) is 2.03. The molecule has 1 aromatic rings. The Bertz CT molecular complexity index is 314. The smallest absolute Gasteiger partial charge is 0.340 e. The molecule has 64 valence electrons. The van der Waals surface area contributed by atoms with Gasteiger partial charge < -0.3 is 5.11 Å². The molecule has 0 aliphatic rings. The number of halogens is 1. The summed E-state index contributed by atoms with van der Waals surface area (Å²) in [6.45, 7) is 1.87. The van der Waals surface area contributed by atoms with Gasteiger partial charge in [0.2, 0.25) is 0 Å². The lowest BCUT2D eigenvalue weighted by molar-refractivity contribution is 0.0696. The quantitative estimate of drug-likeness (QED) is 0.709. The first kappa shape index (κ1) is 8.93. The summed E-state index contributed by atoms with van der Waals surface area (Å²) in [4.78, 5) is 18.0. The third-order valence-corrected chi connectivity index (χ3v) is 1.63. The van der Waals surface area contributed by atoms with Crippen molar-refractivity contribution in [3.05, 3.63) is 22.7 Å². The van der Waals surface area contributed by atoms with E-state index in [4.69, 9.17) is 16.7 Å². The van der Waals surface area contributed by atoms with Gasteiger partial charge in [-0.05, 0) is 0 Å². The molecule has 0 spiro atoms. The normalized spacial score (nSPS) is 9.83. The lowest BCUT2D eigenvalue weighted by Crippen LogP contribution is -2.03. The van der Waals surface area contributed by atoms with Crippen LogP contribution in [0.2, 0.25) is 5.15 Å². The maximum Gasteiger partial charge on any atom is 0.340 e. The molecule has 0 atom stereocenters. The van der Waals surface area contributed by atoms with Crippen LogP contribution in [-0.2, 0) is 6.42 Å². The molecule has 0 aromatic carbocycles. The van der Waals surface area contributed by atoms with E-state index in [0.717, 1.165) is 0 Å². The van der Waals surface area contributed by atoms with E-state index in [0.29, 0.717) is 12.2 Å². The number of carbonyl (C=O) groups is 1. The molecule has 0 aliphatic heterocycles. The third-order valence-electron chi connectivity index (χ3n) is 1.34. The van der Waals surface area contributed by atoms with Gasteiger partial charge in [-0.3, -0.25) is 0 Å². The van der Waals surface area contributed by atoms with Gasteiger partial charge in [0.25, 0.3) is 0 Å². The van der Waals surface area contributed by atoms with Gasteiger partial charge in [0.1, 0.15) is 16.5 Å². The summed E-state index contributed by atoms with van der Waals surface area (Å²) >= 11 is 5.57. The summed E-state index contributed by atoms with van der Waals surface area (Å²) < 4.78 is 0. The van der Waals surface area contributed by atoms with Crippen LogP contribution in [0.4, 0.5) is 0 Å². The Hall–Kier alpha value is -1.16. The molecular formula is C7H7ClN2O2. The van der Waals surface area contributed by atoms with E-state index in [1.807, 2.05) is 6.92 Å². The molecule has 0 aliphatic carbocycles. The Labute approximate surface area is 74.2 Å². The second kappa shape index (κ2) is 3.49. The minimum atomic E-state index is -1.11. The van der Waals surface area contributed by atoms with Crippen LogP contribution in [-0.4, -0.2) is 21.0 Å². The number of aryl methyl sites for hydroxylation is 1. The van der Waals surface area contributed by atoms with Crippen molar-refractivity contribution in [1.29, 1.82) is 0 Å². The number of hydrogen-bond donors (Lipinski definition) is 1. The van der Waals surface area contributed by atoms with Gasteiger partial charge in [0.05, 0.1) is 0 Å². The van der Waals surface area contributed by atoms with Gasteiger partial charge in [-0.25, -0.2) is 14.8 Å². The SMILES string of the molecule is CCc1ncc(C(=O)O)c(Cl)n1. The molecule has 0 saturated heterocycles. The van der Waals surface area contributed by atoms with Crippen molar-refractivity contribution in [3.8, 4) is 0 Å². The summed E-state index contributed by atoms with van der Waals surface area (Å²) in [7, 11) is 0. The van der Waals surface area contributed by atoms with E-state index in [2.05, 4.69) is 9.97 Å². The fourth-order valence-corrected chi connectivity index (χ4v) is 0.936. The summed E-state index contributed by atoms with van der Waals surface area (Å²) in [6.07, 6.45) is 1.86. The maximum atomic E-state index is 10.5. The van der Waals surface area contributed by atoms with Crippen molar-refractivity contribution in [2.24, 2.45) is 0 Å². The zero-order chi connectivity index (χ0) is 9.14. The topological polar surface area (TPSA) is 63.1 Å². The van der Waals surface area contributed by atoms with Crippen LogP contribution in [0.3, 0.4) is 0 Å². The predicted octanol–water partition coefficient (Wildman–Crippen LogP) is 1.39. The van der Waals surface area contributed by atoms with Gasteiger partial charge in [0.15, 0.2) is 0 Å². The second-order valence-corrected chi connectivity index (χ2v) is 2.51. The van der Waals surface area contributed by atoms with E-state index in [1.54, 1.807) is 0 Å². The predicted molar refractivity (Wildman–Crippen MR) is 43.4 cm³/mol. The first-order valence-electron chi connectivity index (χ1n) is 3.40. The monoisotopic (exact) mass is 186 g/mol. The Morgan fingerprint density at radius 2 is 2.42 bits per heavy atom. The Morgan fingerprint density at radius 3 is 2.83 bits per heavy atom. The van der Waals surface area contributed by atoms with Crippen molar-refractivity contribution < 1.29 is 9.90 Å². The highest BCUT2D eigenvalue weighted by atomic mass is 35.5. The van der Waals surface area contributed by atoms with Gasteiger partial charge >= 0.3 is 5.97 Å². The van der Waals surface area contributed by atoms with Gasteiger partial charge in [-0.2, -0.15) is 0 Å². The standard InChI is InChI=1S/C7H7ClN2O2/c1-2-5-9-3-4(7(11)12)6(8)10-5/h3H,2H2,1H3,(H,11,12). The van der Waals surface area contributed by atoms with Crippen molar-refractivity contribution in [2.45, 2.75) is 13.3 Å². The molecule has 0 radical (unpaired) electrons. The lowest BCUT2D eigenvalue weighted by atomic mass is 10.3. The average molecular weight is 187 g/mol. The van der Waals surface area contributed by atoms with Crippen LogP contribution in [0.25, 0.3) is 0 Å². The summed E-state index contributed by atoms with van der Waals surface area (Å²) in [5.41, 5.74) is -0.0612. The number of carboxylic acids is 1. The Kier molecular flexibility index (Phi) is 2.60. The minimum Gasteiger partial charge on any atom is -0.478 e. The van der Waals surface area contributed by atoms with Crippen LogP contribution in [0.15, 0.2) is 6.20 Å². The molecular weight excluding hydrogens is 180 g/mol. The van der Waals surface area contributed by atoms with Crippen molar-refractivity contribution in [2.75, 3.05) is 0 Å². The molecule has 0 saturated carbocycles. The fraction of sp³-hybridized carbons (Fsp3) is 0.286. The van der Waals surface area contributed by atoms with Crippen molar-refractivity contribution in [3.63, 3.8) is 0 Å². The van der Waals surface area contributed by atoms with Gasteiger partial charge in [-0.1, -0.05) is 18.5 Å². The molecule has 0 amide bonds. The zero-order valence-electron chi connectivity index (χ0n) is 6.41. The van der Waals surface area contributed by atoms with Crippen LogP contribution < -0.4 is 0 Å². The van der Waals surface area contributed by atoms with Crippen LogP contribution >= 0.6 is 11.6 Å². The van der Waals surface area contributed by atoms with E-state index in [1.165, 1.54) is 6.20 Å². The molecule has 1 heterocycles. The summed E-state index contributed by atoms with van der Waals surface area (Å²) in [5, 5.41) is 8.56. The highest BCUT2D eigenvalue weighted by Gasteiger charge is 2.10. The van der Waals surface area contributed by atoms with Gasteiger partial charge in [-0.15, -0.1) is 0 Å². The molecule has 4 nitrogen and oxygen atoms in total. The molecule has 1 rings (SSSR count). The molecule has 0 bridgehead atoms. The first-order chi connectivity index (χ1) is 5.65. The van der Waals surface area contributed by atoms with Gasteiger partial charge in [0, 0.05) is 12.6 Å². The van der Waals surface area contributed by atoms with E-state index < -0.39 is 5.97 Å². The largest absolute Gasteiger partial charge is 0.478 e. The molecule has 0 fully saturated rings. The van der Waals surface area contributed by atoms with E-state index >= 15 is 0 Å². The van der Waals surface area contributed by atoms with Crippen LogP contribution in [0.5, 0.6) is 0 Å². The molecule has 5 heteroatoms. The van der Waals surface area contributed by atoms with Crippen LogP contribution in [0, 0.1) is 0 Å². The molecule has 1 N–H and O–H groups in total. The zero-order valence-corrected chi connectivity index (χ0v) is 7.17. The Morgan fingerprint density at radius 1 is 1.75 bits per heavy atom. The molecule has 1 aromatic heterocycles. The molecule has 0 unspecified atom stereocenters. The highest BCUT2D eigenvalue weighted by molar-refractivity contribution is 6.32. The number of nitrogens with zero attached hydrogens (tertiary/aromatic N) is 2. The summed E-state index contributed by atoms with van der Waals surface area (Å²) in [6, 6.07) is 0. The fourth-order valence-electron chi connectivity index (χ4n) is 0.709. The number of aromatic carboxylic acids is 1. The number of aromatic nitrogens is 2. The van der Waals surface area contributed by atoms with Crippen molar-refractivity contribution in [1.82, 2.24) is 9.97 Å². The van der Waals surface area contributed by atoms with E-state index in [-0.39, 0.29) is 10.7 Å². The highest BCUT2D eigenvalue weighted by Crippen LogP contribution is 2.11. The Balaban J connectivity index is 3.12. The lowest BCUT2D eigenvalue weighted by Gasteiger charge is -1.98. The van der Waals surface area contributed by atoms with Crippen LogP contribution in [0.1, 0.15) is 23.1 Å². The van der Waals surface area contributed by atoms with E-state index in [9.17, 15) is 4.79 Å². The first-order valence-corrected chi connectivity index (χ1v) is 3.77. The van der Waals surface area contributed by atoms with Crippen molar-refractivity contribution >= 4 is 17.6 Å². The maximum absolute atomic E-state index is 10.5.